The van der Waals surface area contributed by atoms with E-state index in [1.807, 2.05) is 6.92 Å². The molecule has 21 heavy (non-hydrogen) atoms. The first-order chi connectivity index (χ1) is 9.71. The highest BCUT2D eigenvalue weighted by Gasteiger charge is 2.54. The number of methoxy groups -OCH3 is 1. The number of esters is 1. The molecule has 0 N–H and O–H groups in total. The van der Waals surface area contributed by atoms with Gasteiger partial charge in [0.2, 0.25) is 10.0 Å². The lowest BCUT2D eigenvalue weighted by molar-refractivity contribution is -0.150. The van der Waals surface area contributed by atoms with Crippen LogP contribution in [0.3, 0.4) is 0 Å². The van der Waals surface area contributed by atoms with Crippen molar-refractivity contribution in [3.8, 4) is 0 Å². The molecule has 1 aromatic carbocycles. The molecule has 2 atom stereocenters. The normalized spacial score (nSPS) is 26.8. The Balaban J connectivity index is 2.47. The molecule has 1 saturated heterocycles. The number of hydrogen-bond acceptors (Lipinski definition) is 4. The summed E-state index contributed by atoms with van der Waals surface area (Å²) in [7, 11) is -2.80. The smallest absolute Gasteiger partial charge is 0.327 e. The fraction of sp³-hybridized carbons (Fsp3) is 0.500. The van der Waals surface area contributed by atoms with Gasteiger partial charge >= 0.3 is 5.97 Å². The Hall–Kier alpha value is -1.47. The number of aryl methyl sites for hydroxylation is 1. The molecule has 1 fully saturated rings. The van der Waals surface area contributed by atoms with Crippen LogP contribution in [-0.4, -0.2) is 44.1 Å². The quantitative estimate of drug-likeness (QED) is 0.796. The first-order valence-electron chi connectivity index (χ1n) is 6.54. The molecule has 5 nitrogen and oxygen atoms in total. The van der Waals surface area contributed by atoms with Gasteiger partial charge in [-0.25, -0.2) is 12.8 Å². The van der Waals surface area contributed by atoms with Gasteiger partial charge in [0.05, 0.1) is 12.0 Å². The Morgan fingerprint density at radius 3 is 2.48 bits per heavy atom. The summed E-state index contributed by atoms with van der Waals surface area (Å²) >= 11 is 0. The van der Waals surface area contributed by atoms with E-state index in [0.29, 0.717) is 0 Å². The fourth-order valence-corrected chi connectivity index (χ4v) is 4.36. The lowest BCUT2D eigenvalue weighted by Gasteiger charge is -2.31. The standard InChI is InChI=1S/C14H18FNO4S/c1-10-4-6-12(7-5-10)21(18,19)16-9-11(15)8-14(16,2)13(17)20-3/h4-7,11H,8-9H2,1-3H3. The molecular formula is C14H18FNO4S. The van der Waals surface area contributed by atoms with E-state index >= 15 is 0 Å². The van der Waals surface area contributed by atoms with E-state index < -0.39 is 27.7 Å². The number of ether oxygens (including phenoxy) is 1. The number of hydrogen-bond donors (Lipinski definition) is 0. The van der Waals surface area contributed by atoms with Crippen LogP contribution in [0.1, 0.15) is 18.9 Å². The van der Waals surface area contributed by atoms with Crippen molar-refractivity contribution >= 4 is 16.0 Å². The van der Waals surface area contributed by atoms with Gasteiger partial charge in [-0.15, -0.1) is 0 Å². The third-order valence-electron chi connectivity index (χ3n) is 3.77. The highest BCUT2D eigenvalue weighted by molar-refractivity contribution is 7.89. The van der Waals surface area contributed by atoms with E-state index in [1.54, 1.807) is 12.1 Å². The van der Waals surface area contributed by atoms with Gasteiger partial charge in [0.15, 0.2) is 0 Å². The maximum atomic E-state index is 13.8. The van der Waals surface area contributed by atoms with Crippen molar-refractivity contribution in [2.45, 2.75) is 36.9 Å². The molecule has 1 aromatic rings. The predicted octanol–water partition coefficient (Wildman–Crippen LogP) is 1.66. The van der Waals surface area contributed by atoms with Crippen molar-refractivity contribution < 1.29 is 22.3 Å². The minimum absolute atomic E-state index is 0.0392. The highest BCUT2D eigenvalue weighted by Crippen LogP contribution is 2.36. The van der Waals surface area contributed by atoms with E-state index in [0.717, 1.165) is 17.0 Å². The van der Waals surface area contributed by atoms with Crippen molar-refractivity contribution in [1.82, 2.24) is 4.31 Å². The minimum Gasteiger partial charge on any atom is -0.468 e. The Labute approximate surface area is 123 Å². The molecule has 1 heterocycles. The number of carbonyl (C=O) groups is 1. The summed E-state index contributed by atoms with van der Waals surface area (Å²) in [5.74, 6) is -0.752. The van der Waals surface area contributed by atoms with Gasteiger partial charge in [-0.05, 0) is 26.0 Å². The van der Waals surface area contributed by atoms with Crippen LogP contribution >= 0.6 is 0 Å². The second kappa shape index (κ2) is 5.38. The number of sulfonamides is 1. The minimum atomic E-state index is -3.96. The van der Waals surface area contributed by atoms with Crippen LogP contribution in [0.25, 0.3) is 0 Å². The lowest BCUT2D eigenvalue weighted by Crippen LogP contribution is -2.51. The first kappa shape index (κ1) is 15.9. The van der Waals surface area contributed by atoms with Crippen LogP contribution in [-0.2, 0) is 19.6 Å². The number of carbonyl (C=O) groups excluding carboxylic acids is 1. The van der Waals surface area contributed by atoms with Gasteiger partial charge in [0, 0.05) is 13.0 Å². The van der Waals surface area contributed by atoms with E-state index in [4.69, 9.17) is 0 Å². The molecule has 1 aliphatic heterocycles. The summed E-state index contributed by atoms with van der Waals surface area (Å²) in [6.45, 7) is 2.88. The van der Waals surface area contributed by atoms with Crippen molar-refractivity contribution in [3.05, 3.63) is 29.8 Å². The Kier molecular flexibility index (Phi) is 4.08. The van der Waals surface area contributed by atoms with Gasteiger partial charge < -0.3 is 4.74 Å². The van der Waals surface area contributed by atoms with Crippen LogP contribution in [0.5, 0.6) is 0 Å². The van der Waals surface area contributed by atoms with Crippen molar-refractivity contribution in [3.63, 3.8) is 0 Å². The van der Waals surface area contributed by atoms with Crippen molar-refractivity contribution in [2.75, 3.05) is 13.7 Å². The summed E-state index contributed by atoms with van der Waals surface area (Å²) in [6.07, 6.45) is -1.60. The third kappa shape index (κ3) is 2.67. The average Bonchev–Trinajstić information content (AvgIpc) is 2.75. The number of nitrogens with zero attached hydrogens (tertiary/aromatic N) is 1. The molecule has 0 radical (unpaired) electrons. The van der Waals surface area contributed by atoms with Crippen LogP contribution in [0.15, 0.2) is 29.2 Å². The van der Waals surface area contributed by atoms with Crippen LogP contribution in [0.4, 0.5) is 4.39 Å². The largest absolute Gasteiger partial charge is 0.468 e. The number of benzene rings is 1. The zero-order valence-electron chi connectivity index (χ0n) is 12.2. The Morgan fingerprint density at radius 1 is 1.38 bits per heavy atom. The summed E-state index contributed by atoms with van der Waals surface area (Å²) < 4.78 is 44.7. The van der Waals surface area contributed by atoms with Gasteiger partial charge in [-0.3, -0.25) is 4.79 Å². The van der Waals surface area contributed by atoms with Gasteiger partial charge in [0.25, 0.3) is 0 Å². The van der Waals surface area contributed by atoms with Gasteiger partial charge in [-0.2, -0.15) is 4.31 Å². The SMILES string of the molecule is COC(=O)C1(C)CC(F)CN1S(=O)(=O)c1ccc(C)cc1. The predicted molar refractivity (Wildman–Crippen MR) is 75.0 cm³/mol. The molecule has 0 saturated carbocycles. The first-order valence-corrected chi connectivity index (χ1v) is 7.98. The summed E-state index contributed by atoms with van der Waals surface area (Å²) in [4.78, 5) is 12.0. The second-order valence-electron chi connectivity index (χ2n) is 5.42. The summed E-state index contributed by atoms with van der Waals surface area (Å²) in [5.41, 5.74) is -0.604. The third-order valence-corrected chi connectivity index (χ3v) is 5.77. The summed E-state index contributed by atoms with van der Waals surface area (Å²) in [6, 6.07) is 6.22. The Bertz CT molecular complexity index is 643. The van der Waals surface area contributed by atoms with E-state index in [-0.39, 0.29) is 17.9 Å². The highest BCUT2D eigenvalue weighted by atomic mass is 32.2. The van der Waals surface area contributed by atoms with Crippen molar-refractivity contribution in [2.24, 2.45) is 0 Å². The molecule has 1 aliphatic rings. The Morgan fingerprint density at radius 2 is 1.95 bits per heavy atom. The molecule has 116 valence electrons. The molecule has 0 spiro atoms. The molecule has 0 aromatic heterocycles. The maximum Gasteiger partial charge on any atom is 0.327 e. The van der Waals surface area contributed by atoms with Gasteiger partial charge in [0.1, 0.15) is 11.7 Å². The zero-order valence-corrected chi connectivity index (χ0v) is 13.0. The van der Waals surface area contributed by atoms with E-state index in [1.165, 1.54) is 19.1 Å². The van der Waals surface area contributed by atoms with Crippen LogP contribution in [0, 0.1) is 6.92 Å². The topological polar surface area (TPSA) is 63.7 Å². The van der Waals surface area contributed by atoms with Crippen LogP contribution in [0.2, 0.25) is 0 Å². The lowest BCUT2D eigenvalue weighted by atomic mass is 10.0. The number of alkyl halides is 1. The molecule has 0 aliphatic carbocycles. The number of rotatable bonds is 3. The second-order valence-corrected chi connectivity index (χ2v) is 7.28. The molecule has 2 unspecified atom stereocenters. The van der Waals surface area contributed by atoms with E-state index in [9.17, 15) is 17.6 Å². The zero-order chi connectivity index (χ0) is 15.8. The van der Waals surface area contributed by atoms with Crippen molar-refractivity contribution in [1.29, 1.82) is 0 Å². The molecular weight excluding hydrogens is 297 g/mol. The fourth-order valence-electron chi connectivity index (χ4n) is 2.58. The molecule has 2 rings (SSSR count). The number of halogens is 1. The summed E-state index contributed by atoms with van der Waals surface area (Å²) in [5, 5.41) is 0. The van der Waals surface area contributed by atoms with Crippen LogP contribution < -0.4 is 0 Å². The monoisotopic (exact) mass is 315 g/mol. The molecule has 0 bridgehead atoms. The van der Waals surface area contributed by atoms with E-state index in [2.05, 4.69) is 4.74 Å². The molecule has 0 amide bonds. The van der Waals surface area contributed by atoms with Gasteiger partial charge in [-0.1, -0.05) is 17.7 Å². The maximum absolute atomic E-state index is 13.8. The molecule has 7 heteroatoms. The average molecular weight is 315 g/mol.